The summed E-state index contributed by atoms with van der Waals surface area (Å²) in [6.45, 7) is 1.94. The third-order valence-corrected chi connectivity index (χ3v) is 2.48. The van der Waals surface area contributed by atoms with Crippen molar-refractivity contribution in [2.24, 2.45) is 5.73 Å². The molecular formula is C11H16N2O2. The lowest BCUT2D eigenvalue weighted by molar-refractivity contribution is -0.139. The van der Waals surface area contributed by atoms with Crippen molar-refractivity contribution in [3.05, 3.63) is 35.4 Å². The number of carboxylic acids is 1. The van der Waals surface area contributed by atoms with E-state index >= 15 is 0 Å². The topological polar surface area (TPSA) is 75.3 Å². The molecule has 0 radical (unpaired) electrons. The number of carboxylic acid groups (broad SMARTS) is 1. The number of nitrogens with one attached hydrogen (secondary N) is 1. The van der Waals surface area contributed by atoms with Gasteiger partial charge < -0.3 is 16.2 Å². The zero-order valence-corrected chi connectivity index (χ0v) is 8.90. The number of likely N-dealkylation sites (N-methyl/N-ethyl adjacent to an activating group) is 1. The summed E-state index contributed by atoms with van der Waals surface area (Å²) in [4.78, 5) is 10.8. The molecule has 82 valence electrons. The van der Waals surface area contributed by atoms with Gasteiger partial charge in [-0.2, -0.15) is 0 Å². The van der Waals surface area contributed by atoms with Crippen LogP contribution in [-0.2, 0) is 4.79 Å². The zero-order valence-electron chi connectivity index (χ0n) is 8.90. The van der Waals surface area contributed by atoms with E-state index in [1.807, 2.05) is 31.2 Å². The Bertz CT molecular complexity index is 352. The van der Waals surface area contributed by atoms with E-state index in [-0.39, 0.29) is 6.04 Å². The van der Waals surface area contributed by atoms with Crippen LogP contribution >= 0.6 is 0 Å². The first-order chi connectivity index (χ1) is 7.07. The third-order valence-electron chi connectivity index (χ3n) is 2.48. The van der Waals surface area contributed by atoms with Crippen molar-refractivity contribution in [2.75, 3.05) is 7.05 Å². The highest BCUT2D eigenvalue weighted by molar-refractivity contribution is 5.74. The number of rotatable bonds is 4. The molecule has 0 saturated carbocycles. The minimum Gasteiger partial charge on any atom is -0.480 e. The highest BCUT2D eigenvalue weighted by Crippen LogP contribution is 2.19. The Kier molecular flexibility index (Phi) is 3.82. The number of benzene rings is 1. The van der Waals surface area contributed by atoms with E-state index in [9.17, 15) is 4.79 Å². The molecule has 0 fully saturated rings. The fourth-order valence-corrected chi connectivity index (χ4v) is 1.61. The quantitative estimate of drug-likeness (QED) is 0.679. The minimum atomic E-state index is -1.00. The van der Waals surface area contributed by atoms with E-state index in [1.165, 1.54) is 0 Å². The number of hydrogen-bond donors (Lipinski definition) is 3. The standard InChI is InChI=1S/C11H16N2O2/c1-7-5-3-4-6-8(7)10(13-2)9(12)11(14)15/h3-6,9-10,13H,12H2,1-2H3,(H,14,15). The fourth-order valence-electron chi connectivity index (χ4n) is 1.61. The summed E-state index contributed by atoms with van der Waals surface area (Å²) in [5.74, 6) is -1.00. The number of hydrogen-bond acceptors (Lipinski definition) is 3. The molecule has 0 heterocycles. The lowest BCUT2D eigenvalue weighted by Crippen LogP contribution is -2.42. The van der Waals surface area contributed by atoms with E-state index < -0.39 is 12.0 Å². The van der Waals surface area contributed by atoms with Crippen LogP contribution in [-0.4, -0.2) is 24.2 Å². The van der Waals surface area contributed by atoms with Gasteiger partial charge in [0.05, 0.1) is 6.04 Å². The Labute approximate surface area is 89.1 Å². The van der Waals surface area contributed by atoms with Crippen LogP contribution in [0.5, 0.6) is 0 Å². The van der Waals surface area contributed by atoms with Gasteiger partial charge in [0.25, 0.3) is 0 Å². The van der Waals surface area contributed by atoms with Crippen molar-refractivity contribution < 1.29 is 9.90 Å². The van der Waals surface area contributed by atoms with Gasteiger partial charge >= 0.3 is 5.97 Å². The molecule has 2 unspecified atom stereocenters. The summed E-state index contributed by atoms with van der Waals surface area (Å²) < 4.78 is 0. The van der Waals surface area contributed by atoms with Crippen LogP contribution in [0.15, 0.2) is 24.3 Å². The number of aryl methyl sites for hydroxylation is 1. The zero-order chi connectivity index (χ0) is 11.4. The van der Waals surface area contributed by atoms with E-state index in [2.05, 4.69) is 5.32 Å². The van der Waals surface area contributed by atoms with Gasteiger partial charge in [-0.1, -0.05) is 24.3 Å². The monoisotopic (exact) mass is 208 g/mol. The van der Waals surface area contributed by atoms with Crippen molar-refractivity contribution in [3.63, 3.8) is 0 Å². The molecule has 1 aromatic carbocycles. The molecule has 0 bridgehead atoms. The lowest BCUT2D eigenvalue weighted by atomic mass is 9.96. The largest absolute Gasteiger partial charge is 0.480 e. The molecule has 15 heavy (non-hydrogen) atoms. The SMILES string of the molecule is CNC(c1ccccc1C)C(N)C(=O)O. The van der Waals surface area contributed by atoms with Crippen LogP contribution < -0.4 is 11.1 Å². The van der Waals surface area contributed by atoms with Crippen molar-refractivity contribution in [1.29, 1.82) is 0 Å². The maximum Gasteiger partial charge on any atom is 0.322 e. The summed E-state index contributed by atoms with van der Waals surface area (Å²) in [7, 11) is 1.71. The van der Waals surface area contributed by atoms with E-state index in [4.69, 9.17) is 10.8 Å². The number of carbonyl (C=O) groups is 1. The highest BCUT2D eigenvalue weighted by atomic mass is 16.4. The molecule has 0 spiro atoms. The second-order valence-corrected chi connectivity index (χ2v) is 3.49. The Hall–Kier alpha value is -1.39. The van der Waals surface area contributed by atoms with Crippen LogP contribution in [0.3, 0.4) is 0 Å². The molecule has 2 atom stereocenters. The smallest absolute Gasteiger partial charge is 0.322 e. The van der Waals surface area contributed by atoms with Crippen LogP contribution in [0.2, 0.25) is 0 Å². The molecule has 4 nitrogen and oxygen atoms in total. The minimum absolute atomic E-state index is 0.358. The molecule has 0 aliphatic rings. The fraction of sp³-hybridized carbons (Fsp3) is 0.364. The average Bonchev–Trinajstić information content (AvgIpc) is 2.21. The molecule has 4 N–H and O–H groups in total. The maximum atomic E-state index is 10.8. The Morgan fingerprint density at radius 3 is 2.53 bits per heavy atom. The average molecular weight is 208 g/mol. The number of nitrogens with two attached hydrogens (primary N) is 1. The Balaban J connectivity index is 3.02. The van der Waals surface area contributed by atoms with E-state index in [1.54, 1.807) is 7.05 Å². The van der Waals surface area contributed by atoms with Gasteiger partial charge in [-0.05, 0) is 25.1 Å². The van der Waals surface area contributed by atoms with Crippen molar-refractivity contribution in [2.45, 2.75) is 19.0 Å². The van der Waals surface area contributed by atoms with Gasteiger partial charge in [0.15, 0.2) is 0 Å². The van der Waals surface area contributed by atoms with E-state index in [0.717, 1.165) is 11.1 Å². The van der Waals surface area contributed by atoms with Gasteiger partial charge in [-0.25, -0.2) is 0 Å². The summed E-state index contributed by atoms with van der Waals surface area (Å²) in [6.07, 6.45) is 0. The second-order valence-electron chi connectivity index (χ2n) is 3.49. The predicted octanol–water partition coefficient (Wildman–Crippen LogP) is 0.667. The molecule has 1 rings (SSSR count). The first-order valence-electron chi connectivity index (χ1n) is 4.79. The molecular weight excluding hydrogens is 192 g/mol. The second kappa shape index (κ2) is 4.91. The van der Waals surface area contributed by atoms with Crippen molar-refractivity contribution >= 4 is 5.97 Å². The molecule has 0 aliphatic heterocycles. The normalized spacial score (nSPS) is 14.6. The molecule has 4 heteroatoms. The van der Waals surface area contributed by atoms with Crippen LogP contribution in [0, 0.1) is 6.92 Å². The first-order valence-corrected chi connectivity index (χ1v) is 4.79. The highest BCUT2D eigenvalue weighted by Gasteiger charge is 2.24. The first kappa shape index (κ1) is 11.7. The number of aliphatic carboxylic acids is 1. The third kappa shape index (κ3) is 2.55. The summed E-state index contributed by atoms with van der Waals surface area (Å²) in [5.41, 5.74) is 7.57. The Morgan fingerprint density at radius 1 is 1.47 bits per heavy atom. The van der Waals surface area contributed by atoms with Gasteiger partial charge in [-0.15, -0.1) is 0 Å². The van der Waals surface area contributed by atoms with Crippen LogP contribution in [0.25, 0.3) is 0 Å². The molecule has 0 saturated heterocycles. The van der Waals surface area contributed by atoms with Crippen molar-refractivity contribution in [3.8, 4) is 0 Å². The molecule has 0 aromatic heterocycles. The van der Waals surface area contributed by atoms with E-state index in [0.29, 0.717) is 0 Å². The molecule has 0 amide bonds. The van der Waals surface area contributed by atoms with Gasteiger partial charge in [0, 0.05) is 0 Å². The maximum absolute atomic E-state index is 10.8. The lowest BCUT2D eigenvalue weighted by Gasteiger charge is -2.22. The molecule has 1 aromatic rings. The van der Waals surface area contributed by atoms with Gasteiger partial charge in [-0.3, -0.25) is 4.79 Å². The molecule has 0 aliphatic carbocycles. The summed E-state index contributed by atoms with van der Waals surface area (Å²) in [5, 5.41) is 11.8. The summed E-state index contributed by atoms with van der Waals surface area (Å²) >= 11 is 0. The summed E-state index contributed by atoms with van der Waals surface area (Å²) in [6, 6.07) is 6.33. The van der Waals surface area contributed by atoms with Crippen LogP contribution in [0.4, 0.5) is 0 Å². The van der Waals surface area contributed by atoms with Crippen molar-refractivity contribution in [1.82, 2.24) is 5.32 Å². The predicted molar refractivity (Wildman–Crippen MR) is 58.6 cm³/mol. The van der Waals surface area contributed by atoms with Gasteiger partial charge in [0.2, 0.25) is 0 Å². The van der Waals surface area contributed by atoms with Gasteiger partial charge in [0.1, 0.15) is 6.04 Å². The van der Waals surface area contributed by atoms with Crippen LogP contribution in [0.1, 0.15) is 17.2 Å². The Morgan fingerprint density at radius 2 is 2.07 bits per heavy atom.